The predicted molar refractivity (Wildman–Crippen MR) is 86.4 cm³/mol. The third-order valence-electron chi connectivity index (χ3n) is 3.54. The van der Waals surface area contributed by atoms with E-state index in [4.69, 9.17) is 0 Å². The van der Waals surface area contributed by atoms with E-state index in [1.807, 2.05) is 6.92 Å². The van der Waals surface area contributed by atoms with Gasteiger partial charge in [-0.05, 0) is 37.1 Å². The molecule has 1 aromatic carbocycles. The van der Waals surface area contributed by atoms with Crippen molar-refractivity contribution in [1.82, 2.24) is 10.0 Å². The Morgan fingerprint density at radius 3 is 2.43 bits per heavy atom. The van der Waals surface area contributed by atoms with Crippen LogP contribution in [0.25, 0.3) is 0 Å². The van der Waals surface area contributed by atoms with E-state index in [2.05, 4.69) is 10.0 Å². The maximum Gasteiger partial charge on any atom is 0.251 e. The number of carbonyl (C=O) groups excluding carboxylic acids is 1. The van der Waals surface area contributed by atoms with E-state index in [1.165, 1.54) is 24.3 Å². The number of amides is 1. The van der Waals surface area contributed by atoms with Gasteiger partial charge in [0.25, 0.3) is 5.91 Å². The maximum atomic E-state index is 12.1. The summed E-state index contributed by atoms with van der Waals surface area (Å²) in [5, 5.41) is 2.66. The van der Waals surface area contributed by atoms with Gasteiger partial charge in [-0.15, -0.1) is 0 Å². The number of benzene rings is 1. The van der Waals surface area contributed by atoms with Gasteiger partial charge in [-0.2, -0.15) is 0 Å². The first-order valence-corrected chi connectivity index (χ1v) is 10.6. The zero-order chi connectivity index (χ0) is 17.1. The highest BCUT2D eigenvalue weighted by Gasteiger charge is 2.29. The fraction of sp³-hybridized carbons (Fsp3) is 0.500. The van der Waals surface area contributed by atoms with Crippen molar-refractivity contribution >= 4 is 25.8 Å². The van der Waals surface area contributed by atoms with Crippen LogP contribution in [-0.2, 0) is 19.9 Å². The van der Waals surface area contributed by atoms with Gasteiger partial charge in [-0.25, -0.2) is 21.6 Å². The van der Waals surface area contributed by atoms with E-state index in [1.54, 1.807) is 0 Å². The molecule has 9 heteroatoms. The summed E-state index contributed by atoms with van der Waals surface area (Å²) in [6.45, 7) is 2.21. The molecule has 128 valence electrons. The highest BCUT2D eigenvalue weighted by atomic mass is 32.2. The average molecular weight is 360 g/mol. The number of rotatable bonds is 6. The SMILES string of the molecule is CCCNS(=O)(=O)c1ccc(C(=O)NC2CCS(=O)(=O)C2)cc1. The smallest absolute Gasteiger partial charge is 0.251 e. The number of carbonyl (C=O) groups is 1. The lowest BCUT2D eigenvalue weighted by molar-refractivity contribution is 0.0941. The van der Waals surface area contributed by atoms with Gasteiger partial charge >= 0.3 is 0 Å². The van der Waals surface area contributed by atoms with Crippen LogP contribution in [0.2, 0.25) is 0 Å². The van der Waals surface area contributed by atoms with E-state index in [9.17, 15) is 21.6 Å². The van der Waals surface area contributed by atoms with Gasteiger partial charge in [0.05, 0.1) is 16.4 Å². The van der Waals surface area contributed by atoms with Crippen molar-refractivity contribution in [1.29, 1.82) is 0 Å². The maximum absolute atomic E-state index is 12.1. The first kappa shape index (κ1) is 17.9. The second-order valence-corrected chi connectivity index (χ2v) is 9.49. The summed E-state index contributed by atoms with van der Waals surface area (Å²) in [5.74, 6) is -0.373. The van der Waals surface area contributed by atoms with Crippen LogP contribution >= 0.6 is 0 Å². The number of nitrogens with one attached hydrogen (secondary N) is 2. The molecule has 1 atom stereocenters. The van der Waals surface area contributed by atoms with Crippen molar-refractivity contribution in [3.63, 3.8) is 0 Å². The lowest BCUT2D eigenvalue weighted by Crippen LogP contribution is -2.35. The third-order valence-corrected chi connectivity index (χ3v) is 6.78. The van der Waals surface area contributed by atoms with Crippen LogP contribution in [0.15, 0.2) is 29.2 Å². The van der Waals surface area contributed by atoms with Gasteiger partial charge in [-0.1, -0.05) is 6.92 Å². The molecule has 23 heavy (non-hydrogen) atoms. The molecule has 1 unspecified atom stereocenters. The van der Waals surface area contributed by atoms with Gasteiger partial charge < -0.3 is 5.32 Å². The number of sulfone groups is 1. The van der Waals surface area contributed by atoms with Crippen molar-refractivity contribution in [3.8, 4) is 0 Å². The zero-order valence-corrected chi connectivity index (χ0v) is 14.4. The largest absolute Gasteiger partial charge is 0.348 e. The van der Waals surface area contributed by atoms with Crippen LogP contribution in [0.5, 0.6) is 0 Å². The summed E-state index contributed by atoms with van der Waals surface area (Å²) < 4.78 is 49.1. The van der Waals surface area contributed by atoms with Gasteiger partial charge in [0, 0.05) is 18.2 Å². The Kier molecular flexibility index (Phi) is 5.43. The first-order chi connectivity index (χ1) is 10.7. The minimum Gasteiger partial charge on any atom is -0.348 e. The van der Waals surface area contributed by atoms with Crippen LogP contribution < -0.4 is 10.0 Å². The molecule has 1 fully saturated rings. The summed E-state index contributed by atoms with van der Waals surface area (Å²) in [4.78, 5) is 12.2. The zero-order valence-electron chi connectivity index (χ0n) is 12.8. The third kappa shape index (κ3) is 4.76. The minimum atomic E-state index is -3.56. The summed E-state index contributed by atoms with van der Waals surface area (Å²) >= 11 is 0. The van der Waals surface area contributed by atoms with Crippen molar-refractivity contribution < 1.29 is 21.6 Å². The number of sulfonamides is 1. The van der Waals surface area contributed by atoms with Gasteiger partial charge in [-0.3, -0.25) is 4.79 Å². The topological polar surface area (TPSA) is 109 Å². The molecule has 0 aliphatic carbocycles. The lowest BCUT2D eigenvalue weighted by atomic mass is 10.2. The fourth-order valence-electron chi connectivity index (χ4n) is 2.28. The highest BCUT2D eigenvalue weighted by molar-refractivity contribution is 7.91. The Morgan fingerprint density at radius 2 is 1.91 bits per heavy atom. The molecule has 7 nitrogen and oxygen atoms in total. The molecular weight excluding hydrogens is 340 g/mol. The molecule has 1 amide bonds. The van der Waals surface area contributed by atoms with Crippen LogP contribution in [0.1, 0.15) is 30.1 Å². The quantitative estimate of drug-likeness (QED) is 0.758. The monoisotopic (exact) mass is 360 g/mol. The van der Waals surface area contributed by atoms with Gasteiger partial charge in [0.2, 0.25) is 10.0 Å². The Balaban J connectivity index is 2.03. The predicted octanol–water partition coefficient (Wildman–Crippen LogP) is 0.292. The van der Waals surface area contributed by atoms with Crippen LogP contribution in [0.4, 0.5) is 0 Å². The van der Waals surface area contributed by atoms with E-state index in [-0.39, 0.29) is 22.4 Å². The second kappa shape index (κ2) is 6.98. The Labute approximate surface area is 136 Å². The normalized spacial score (nSPS) is 20.3. The fourth-order valence-corrected chi connectivity index (χ4v) is 5.09. The number of hydrogen-bond acceptors (Lipinski definition) is 5. The van der Waals surface area contributed by atoms with E-state index < -0.39 is 25.8 Å². The summed E-state index contributed by atoms with van der Waals surface area (Å²) in [5.41, 5.74) is 0.295. The van der Waals surface area contributed by atoms with E-state index in [0.29, 0.717) is 24.9 Å². The standard InChI is InChI=1S/C14H20N2O5S2/c1-2-8-15-23(20,21)13-5-3-11(4-6-13)14(17)16-12-7-9-22(18,19)10-12/h3-6,12,15H,2,7-10H2,1H3,(H,16,17). The molecule has 0 saturated carbocycles. The Bertz CT molecular complexity index is 770. The highest BCUT2D eigenvalue weighted by Crippen LogP contribution is 2.14. The van der Waals surface area contributed by atoms with Gasteiger partial charge in [0.15, 0.2) is 9.84 Å². The molecule has 0 bridgehead atoms. The minimum absolute atomic E-state index is 0.0495. The van der Waals surface area contributed by atoms with Crippen LogP contribution in [0.3, 0.4) is 0 Å². The van der Waals surface area contributed by atoms with Crippen LogP contribution in [-0.4, -0.2) is 46.8 Å². The lowest BCUT2D eigenvalue weighted by Gasteiger charge is -2.11. The molecule has 1 heterocycles. The first-order valence-electron chi connectivity index (χ1n) is 7.34. The molecule has 1 saturated heterocycles. The van der Waals surface area contributed by atoms with Crippen molar-refractivity contribution in [2.24, 2.45) is 0 Å². The van der Waals surface area contributed by atoms with Crippen molar-refractivity contribution in [3.05, 3.63) is 29.8 Å². The summed E-state index contributed by atoms with van der Waals surface area (Å²) in [6, 6.07) is 5.16. The molecular formula is C14H20N2O5S2. The molecule has 0 radical (unpaired) electrons. The van der Waals surface area contributed by atoms with Crippen molar-refractivity contribution in [2.75, 3.05) is 18.1 Å². The van der Waals surface area contributed by atoms with E-state index in [0.717, 1.165) is 0 Å². The molecule has 0 spiro atoms. The average Bonchev–Trinajstić information content (AvgIpc) is 2.84. The molecule has 1 aromatic rings. The molecule has 2 N–H and O–H groups in total. The second-order valence-electron chi connectivity index (χ2n) is 5.50. The molecule has 1 aliphatic rings. The van der Waals surface area contributed by atoms with Gasteiger partial charge in [0.1, 0.15) is 0 Å². The summed E-state index contributed by atoms with van der Waals surface area (Å²) in [6.07, 6.45) is 1.09. The number of hydrogen-bond donors (Lipinski definition) is 2. The van der Waals surface area contributed by atoms with E-state index >= 15 is 0 Å². The molecule has 1 aliphatic heterocycles. The molecule has 0 aromatic heterocycles. The van der Waals surface area contributed by atoms with Crippen molar-refractivity contribution in [2.45, 2.75) is 30.7 Å². The Morgan fingerprint density at radius 1 is 1.26 bits per heavy atom. The summed E-state index contributed by atoms with van der Waals surface area (Å²) in [7, 11) is -6.62. The van der Waals surface area contributed by atoms with Crippen LogP contribution in [0, 0.1) is 0 Å². The molecule has 2 rings (SSSR count). The Hall–Kier alpha value is -1.45.